The lowest BCUT2D eigenvalue weighted by Gasteiger charge is -2.14. The van der Waals surface area contributed by atoms with Crippen LogP contribution >= 0.6 is 0 Å². The average molecular weight is 299 g/mol. The van der Waals surface area contributed by atoms with Crippen molar-refractivity contribution in [1.82, 2.24) is 0 Å². The molecule has 5 nitrogen and oxygen atoms in total. The Kier molecular flexibility index (Phi) is 4.88. The van der Waals surface area contributed by atoms with E-state index in [9.17, 15) is 14.9 Å². The zero-order valence-electron chi connectivity index (χ0n) is 12.5. The molecule has 1 atom stereocenters. The molecule has 0 radical (unpaired) electrons. The van der Waals surface area contributed by atoms with E-state index in [2.05, 4.69) is 0 Å². The number of methoxy groups -OCH3 is 1. The summed E-state index contributed by atoms with van der Waals surface area (Å²) in [6.45, 7) is 1.92. The Balaban J connectivity index is 2.25. The molecule has 0 aliphatic carbocycles. The topological polar surface area (TPSA) is 69.4 Å². The molecule has 0 saturated carbocycles. The van der Waals surface area contributed by atoms with E-state index in [-0.39, 0.29) is 17.4 Å². The van der Waals surface area contributed by atoms with Crippen LogP contribution in [0, 0.1) is 10.1 Å². The summed E-state index contributed by atoms with van der Waals surface area (Å²) in [4.78, 5) is 22.9. The molecule has 2 aromatic carbocycles. The van der Waals surface area contributed by atoms with Crippen molar-refractivity contribution in [3.05, 3.63) is 69.8 Å². The number of hydrogen-bond acceptors (Lipinski definition) is 4. The van der Waals surface area contributed by atoms with Gasteiger partial charge in [-0.1, -0.05) is 19.1 Å². The summed E-state index contributed by atoms with van der Waals surface area (Å²) in [5.41, 5.74) is 1.41. The smallest absolute Gasteiger partial charge is 0.269 e. The Morgan fingerprint density at radius 1 is 1.14 bits per heavy atom. The molecule has 114 valence electrons. The minimum absolute atomic E-state index is 0.000920. The van der Waals surface area contributed by atoms with E-state index in [1.807, 2.05) is 6.92 Å². The van der Waals surface area contributed by atoms with Gasteiger partial charge in [0.25, 0.3) is 5.69 Å². The molecule has 0 heterocycles. The number of nitro groups is 1. The van der Waals surface area contributed by atoms with Crippen molar-refractivity contribution in [2.75, 3.05) is 7.11 Å². The van der Waals surface area contributed by atoms with Gasteiger partial charge in [0.1, 0.15) is 5.75 Å². The first-order valence-corrected chi connectivity index (χ1v) is 6.99. The van der Waals surface area contributed by atoms with Gasteiger partial charge >= 0.3 is 0 Å². The highest BCUT2D eigenvalue weighted by Gasteiger charge is 2.21. The van der Waals surface area contributed by atoms with Crippen molar-refractivity contribution < 1.29 is 14.5 Å². The Labute approximate surface area is 128 Å². The summed E-state index contributed by atoms with van der Waals surface area (Å²) in [7, 11) is 1.57. The molecule has 1 unspecified atom stereocenters. The van der Waals surface area contributed by atoms with Crippen LogP contribution in [0.4, 0.5) is 5.69 Å². The molecule has 0 aromatic heterocycles. The fourth-order valence-corrected chi connectivity index (χ4v) is 2.36. The highest BCUT2D eigenvalue weighted by molar-refractivity contribution is 6.01. The quantitative estimate of drug-likeness (QED) is 0.459. The standard InChI is InChI=1S/C17H17NO4/c1-3-16(12-4-8-14(9-5-12)18(20)21)17(19)13-6-10-15(22-2)11-7-13/h4-11,16H,3H2,1-2H3. The van der Waals surface area contributed by atoms with E-state index < -0.39 is 4.92 Å². The van der Waals surface area contributed by atoms with Gasteiger partial charge in [0.15, 0.2) is 5.78 Å². The third-order valence-corrected chi connectivity index (χ3v) is 3.61. The third kappa shape index (κ3) is 3.31. The largest absolute Gasteiger partial charge is 0.497 e. The number of nitrogens with zero attached hydrogens (tertiary/aromatic N) is 1. The van der Waals surface area contributed by atoms with Gasteiger partial charge in [-0.15, -0.1) is 0 Å². The Bertz CT molecular complexity index is 662. The highest BCUT2D eigenvalue weighted by Crippen LogP contribution is 2.26. The van der Waals surface area contributed by atoms with Crippen molar-refractivity contribution in [1.29, 1.82) is 0 Å². The lowest BCUT2D eigenvalue weighted by molar-refractivity contribution is -0.384. The zero-order chi connectivity index (χ0) is 16.1. The maximum absolute atomic E-state index is 12.6. The van der Waals surface area contributed by atoms with E-state index >= 15 is 0 Å². The second kappa shape index (κ2) is 6.85. The van der Waals surface area contributed by atoms with Crippen molar-refractivity contribution in [3.8, 4) is 5.75 Å². The molecule has 0 aliphatic rings. The number of ketones is 1. The molecule has 0 N–H and O–H groups in total. The molecule has 0 spiro atoms. The van der Waals surface area contributed by atoms with E-state index in [1.165, 1.54) is 12.1 Å². The normalized spacial score (nSPS) is 11.7. The number of rotatable bonds is 6. The maximum Gasteiger partial charge on any atom is 0.269 e. The van der Waals surface area contributed by atoms with Gasteiger partial charge in [-0.25, -0.2) is 0 Å². The van der Waals surface area contributed by atoms with Crippen LogP contribution in [-0.4, -0.2) is 17.8 Å². The Morgan fingerprint density at radius 2 is 1.73 bits per heavy atom. The summed E-state index contributed by atoms with van der Waals surface area (Å²) in [5.74, 6) is 0.383. The van der Waals surface area contributed by atoms with Crippen molar-refractivity contribution in [2.45, 2.75) is 19.3 Å². The summed E-state index contributed by atoms with van der Waals surface area (Å²) in [6.07, 6.45) is 0.628. The van der Waals surface area contributed by atoms with Crippen LogP contribution in [0.15, 0.2) is 48.5 Å². The zero-order valence-corrected chi connectivity index (χ0v) is 12.5. The monoisotopic (exact) mass is 299 g/mol. The van der Waals surface area contributed by atoms with E-state index in [4.69, 9.17) is 4.74 Å². The molecule has 0 amide bonds. The van der Waals surface area contributed by atoms with Crippen molar-refractivity contribution in [3.63, 3.8) is 0 Å². The van der Waals surface area contributed by atoms with Crippen LogP contribution in [0.5, 0.6) is 5.75 Å². The number of carbonyl (C=O) groups is 1. The number of carbonyl (C=O) groups excluding carboxylic acids is 1. The van der Waals surface area contributed by atoms with Crippen LogP contribution < -0.4 is 4.74 Å². The van der Waals surface area contributed by atoms with E-state index in [0.717, 1.165) is 5.56 Å². The minimum atomic E-state index is -0.448. The molecule has 2 aromatic rings. The van der Waals surface area contributed by atoms with Crippen LogP contribution in [-0.2, 0) is 0 Å². The molecule has 0 fully saturated rings. The van der Waals surface area contributed by atoms with Crippen molar-refractivity contribution in [2.24, 2.45) is 0 Å². The van der Waals surface area contributed by atoms with Gasteiger partial charge in [0.05, 0.1) is 12.0 Å². The molecular formula is C17H17NO4. The fraction of sp³-hybridized carbons (Fsp3) is 0.235. The van der Waals surface area contributed by atoms with Crippen LogP contribution in [0.2, 0.25) is 0 Å². The first-order chi connectivity index (χ1) is 10.6. The van der Waals surface area contributed by atoms with Gasteiger partial charge in [-0.2, -0.15) is 0 Å². The van der Waals surface area contributed by atoms with Crippen LogP contribution in [0.1, 0.15) is 35.2 Å². The second-order valence-corrected chi connectivity index (χ2v) is 4.90. The fourth-order valence-electron chi connectivity index (χ4n) is 2.36. The molecule has 2 rings (SSSR count). The van der Waals surface area contributed by atoms with E-state index in [0.29, 0.717) is 17.7 Å². The molecule has 0 saturated heterocycles. The van der Waals surface area contributed by atoms with Gasteiger partial charge < -0.3 is 4.74 Å². The maximum atomic E-state index is 12.6. The number of ether oxygens (including phenoxy) is 1. The van der Waals surface area contributed by atoms with Gasteiger partial charge in [-0.05, 0) is 36.2 Å². The summed E-state index contributed by atoms with van der Waals surface area (Å²) >= 11 is 0. The molecule has 0 bridgehead atoms. The lowest BCUT2D eigenvalue weighted by Crippen LogP contribution is -2.12. The number of non-ortho nitro benzene ring substituents is 1. The number of nitro benzene ring substituents is 1. The number of hydrogen-bond donors (Lipinski definition) is 0. The third-order valence-electron chi connectivity index (χ3n) is 3.61. The number of Topliss-reactive ketones (excluding diaryl/α,β-unsaturated/α-hetero) is 1. The molecule has 22 heavy (non-hydrogen) atoms. The number of benzene rings is 2. The SMILES string of the molecule is CCC(C(=O)c1ccc(OC)cc1)c1ccc([N+](=O)[O-])cc1. The van der Waals surface area contributed by atoms with Crippen LogP contribution in [0.3, 0.4) is 0 Å². The highest BCUT2D eigenvalue weighted by atomic mass is 16.6. The summed E-state index contributed by atoms with van der Waals surface area (Å²) in [6, 6.07) is 13.1. The second-order valence-electron chi connectivity index (χ2n) is 4.90. The summed E-state index contributed by atoms with van der Waals surface area (Å²) in [5, 5.41) is 10.7. The van der Waals surface area contributed by atoms with Crippen LogP contribution in [0.25, 0.3) is 0 Å². The minimum Gasteiger partial charge on any atom is -0.497 e. The summed E-state index contributed by atoms with van der Waals surface area (Å²) < 4.78 is 5.08. The van der Waals surface area contributed by atoms with Crippen molar-refractivity contribution >= 4 is 11.5 Å². The predicted molar refractivity (Wildman–Crippen MR) is 83.5 cm³/mol. The Morgan fingerprint density at radius 3 is 2.18 bits per heavy atom. The molecular weight excluding hydrogens is 282 g/mol. The molecule has 0 aliphatic heterocycles. The van der Waals surface area contributed by atoms with E-state index in [1.54, 1.807) is 43.5 Å². The molecule has 5 heteroatoms. The van der Waals surface area contributed by atoms with Gasteiger partial charge in [-0.3, -0.25) is 14.9 Å². The lowest BCUT2D eigenvalue weighted by atomic mass is 9.88. The predicted octanol–water partition coefficient (Wildman–Crippen LogP) is 3.98. The van der Waals surface area contributed by atoms with Gasteiger partial charge in [0, 0.05) is 23.6 Å². The first-order valence-electron chi connectivity index (χ1n) is 6.99. The first kappa shape index (κ1) is 15.7. The van der Waals surface area contributed by atoms with Gasteiger partial charge in [0.2, 0.25) is 0 Å². The average Bonchev–Trinajstić information content (AvgIpc) is 2.56. The Hall–Kier alpha value is -2.69.